The number of thiazole rings is 1. The number of likely N-dealkylation sites (tertiary alicyclic amines) is 1. The van der Waals surface area contributed by atoms with Crippen LogP contribution in [-0.2, 0) is 11.2 Å². The van der Waals surface area contributed by atoms with Gasteiger partial charge in [-0.15, -0.1) is 11.3 Å². The van der Waals surface area contributed by atoms with Crippen LogP contribution in [0.5, 0.6) is 0 Å². The highest BCUT2D eigenvalue weighted by Crippen LogP contribution is 2.22. The molecule has 0 aromatic carbocycles. The molecule has 2 aromatic heterocycles. The van der Waals surface area contributed by atoms with Crippen LogP contribution in [0.25, 0.3) is 10.7 Å². The number of aromatic nitrogens is 2. The normalized spacial score (nSPS) is 16.0. The van der Waals surface area contributed by atoms with E-state index < -0.39 is 0 Å². The number of hydrogen-bond acceptors (Lipinski definition) is 5. The molecule has 116 valence electrons. The van der Waals surface area contributed by atoms with Gasteiger partial charge in [0.2, 0.25) is 5.91 Å². The quantitative estimate of drug-likeness (QED) is 0.937. The Labute approximate surface area is 134 Å². The third kappa shape index (κ3) is 3.51. The lowest BCUT2D eigenvalue weighted by atomic mass is 10.0. The van der Waals surface area contributed by atoms with E-state index in [0.717, 1.165) is 42.3 Å². The third-order valence-electron chi connectivity index (χ3n) is 4.02. The first-order valence-corrected chi connectivity index (χ1v) is 8.45. The van der Waals surface area contributed by atoms with Gasteiger partial charge in [0.15, 0.2) is 0 Å². The molecule has 6 heteroatoms. The van der Waals surface area contributed by atoms with Gasteiger partial charge < -0.3 is 10.2 Å². The van der Waals surface area contributed by atoms with E-state index >= 15 is 0 Å². The number of pyridine rings is 1. The summed E-state index contributed by atoms with van der Waals surface area (Å²) in [5.41, 5.74) is 1.70. The average molecular weight is 316 g/mol. The zero-order valence-corrected chi connectivity index (χ0v) is 13.5. The fourth-order valence-corrected chi connectivity index (χ4v) is 3.47. The summed E-state index contributed by atoms with van der Waals surface area (Å²) in [7, 11) is 1.98. The summed E-state index contributed by atoms with van der Waals surface area (Å²) < 4.78 is 0. The van der Waals surface area contributed by atoms with E-state index in [4.69, 9.17) is 0 Å². The smallest absolute Gasteiger partial charge is 0.228 e. The number of carbonyl (C=O) groups excluding carboxylic acids is 1. The first-order valence-electron chi connectivity index (χ1n) is 7.57. The maximum absolute atomic E-state index is 12.4. The van der Waals surface area contributed by atoms with Gasteiger partial charge in [0, 0.05) is 30.7 Å². The average Bonchev–Trinajstić information content (AvgIpc) is 3.04. The molecule has 5 nitrogen and oxygen atoms in total. The standard InChI is InChI=1S/C16H20N4OS/c1-17-12-5-8-20(9-6-12)15(21)10-13-11-22-16(19-13)14-4-2-3-7-18-14/h2-4,7,11-12,17H,5-6,8-10H2,1H3. The Morgan fingerprint density at radius 3 is 2.91 bits per heavy atom. The van der Waals surface area contributed by atoms with Crippen molar-refractivity contribution in [3.63, 3.8) is 0 Å². The summed E-state index contributed by atoms with van der Waals surface area (Å²) in [5, 5.41) is 6.11. The van der Waals surface area contributed by atoms with Crippen LogP contribution in [0.2, 0.25) is 0 Å². The van der Waals surface area contributed by atoms with Crippen molar-refractivity contribution in [2.75, 3.05) is 20.1 Å². The Balaban J connectivity index is 1.60. The lowest BCUT2D eigenvalue weighted by Crippen LogP contribution is -2.44. The molecular formula is C16H20N4OS. The van der Waals surface area contributed by atoms with Crippen LogP contribution in [-0.4, -0.2) is 47.0 Å². The minimum atomic E-state index is 0.174. The van der Waals surface area contributed by atoms with Crippen molar-refractivity contribution in [1.82, 2.24) is 20.2 Å². The molecule has 2 aromatic rings. The molecule has 0 saturated carbocycles. The zero-order chi connectivity index (χ0) is 15.4. The highest BCUT2D eigenvalue weighted by molar-refractivity contribution is 7.13. The summed E-state index contributed by atoms with van der Waals surface area (Å²) >= 11 is 1.54. The van der Waals surface area contributed by atoms with Gasteiger partial charge in [-0.1, -0.05) is 6.07 Å². The van der Waals surface area contributed by atoms with Crippen molar-refractivity contribution in [2.24, 2.45) is 0 Å². The van der Waals surface area contributed by atoms with E-state index in [1.54, 1.807) is 17.5 Å². The number of nitrogens with zero attached hydrogens (tertiary/aromatic N) is 3. The van der Waals surface area contributed by atoms with Crippen molar-refractivity contribution in [2.45, 2.75) is 25.3 Å². The summed E-state index contributed by atoms with van der Waals surface area (Å²) in [4.78, 5) is 23.2. The van der Waals surface area contributed by atoms with Crippen LogP contribution in [0.15, 0.2) is 29.8 Å². The van der Waals surface area contributed by atoms with Gasteiger partial charge in [-0.05, 0) is 32.0 Å². The summed E-state index contributed by atoms with van der Waals surface area (Å²) in [5.74, 6) is 0.174. The predicted molar refractivity (Wildman–Crippen MR) is 87.7 cm³/mol. The van der Waals surface area contributed by atoms with Crippen molar-refractivity contribution >= 4 is 17.2 Å². The first kappa shape index (κ1) is 15.1. The maximum atomic E-state index is 12.4. The van der Waals surface area contributed by atoms with Crippen LogP contribution >= 0.6 is 11.3 Å². The Bertz CT molecular complexity index is 620. The van der Waals surface area contributed by atoms with Gasteiger partial charge in [-0.2, -0.15) is 0 Å². The van der Waals surface area contributed by atoms with Crippen LogP contribution in [0.3, 0.4) is 0 Å². The molecule has 1 fully saturated rings. The highest BCUT2D eigenvalue weighted by atomic mass is 32.1. The van der Waals surface area contributed by atoms with Crippen molar-refractivity contribution in [3.8, 4) is 10.7 Å². The molecule has 0 atom stereocenters. The molecule has 3 heterocycles. The minimum Gasteiger partial charge on any atom is -0.342 e. The highest BCUT2D eigenvalue weighted by Gasteiger charge is 2.22. The number of carbonyl (C=O) groups is 1. The van der Waals surface area contributed by atoms with Crippen molar-refractivity contribution < 1.29 is 4.79 Å². The van der Waals surface area contributed by atoms with Gasteiger partial charge >= 0.3 is 0 Å². The van der Waals surface area contributed by atoms with E-state index in [2.05, 4.69) is 15.3 Å². The molecule has 1 aliphatic rings. The monoisotopic (exact) mass is 316 g/mol. The zero-order valence-electron chi connectivity index (χ0n) is 12.7. The van der Waals surface area contributed by atoms with Gasteiger partial charge in [-0.3, -0.25) is 9.78 Å². The molecule has 3 rings (SSSR count). The Kier molecular flexibility index (Phi) is 4.80. The second kappa shape index (κ2) is 6.98. The largest absolute Gasteiger partial charge is 0.342 e. The van der Waals surface area contributed by atoms with Gasteiger partial charge in [0.05, 0.1) is 17.8 Å². The second-order valence-electron chi connectivity index (χ2n) is 5.48. The van der Waals surface area contributed by atoms with E-state index in [-0.39, 0.29) is 5.91 Å². The van der Waals surface area contributed by atoms with Crippen LogP contribution in [0.4, 0.5) is 0 Å². The first-order chi connectivity index (χ1) is 10.8. The second-order valence-corrected chi connectivity index (χ2v) is 6.34. The molecule has 0 unspecified atom stereocenters. The molecular weight excluding hydrogens is 296 g/mol. The minimum absolute atomic E-state index is 0.174. The molecule has 0 spiro atoms. The van der Waals surface area contributed by atoms with E-state index in [0.29, 0.717) is 12.5 Å². The van der Waals surface area contributed by atoms with Crippen LogP contribution < -0.4 is 5.32 Å². The van der Waals surface area contributed by atoms with Gasteiger partial charge in [0.1, 0.15) is 5.01 Å². The molecule has 1 N–H and O–H groups in total. The lowest BCUT2D eigenvalue weighted by Gasteiger charge is -2.31. The molecule has 1 saturated heterocycles. The van der Waals surface area contributed by atoms with Crippen molar-refractivity contribution in [1.29, 1.82) is 0 Å². The summed E-state index contributed by atoms with van der Waals surface area (Å²) in [6, 6.07) is 6.31. The summed E-state index contributed by atoms with van der Waals surface area (Å²) in [6.45, 7) is 1.67. The summed E-state index contributed by atoms with van der Waals surface area (Å²) in [6.07, 6.45) is 4.19. The molecule has 0 bridgehead atoms. The maximum Gasteiger partial charge on any atom is 0.228 e. The third-order valence-corrected chi connectivity index (χ3v) is 4.94. The number of rotatable bonds is 4. The SMILES string of the molecule is CNC1CCN(C(=O)Cc2csc(-c3ccccn3)n2)CC1. The number of hydrogen-bond donors (Lipinski definition) is 1. The van der Waals surface area contributed by atoms with Crippen LogP contribution in [0, 0.1) is 0 Å². The fourth-order valence-electron chi connectivity index (χ4n) is 2.68. The number of amides is 1. The number of nitrogens with one attached hydrogen (secondary N) is 1. The molecule has 22 heavy (non-hydrogen) atoms. The topological polar surface area (TPSA) is 58.1 Å². The predicted octanol–water partition coefficient (Wildman–Crippen LogP) is 1.96. The fraction of sp³-hybridized carbons (Fsp3) is 0.438. The van der Waals surface area contributed by atoms with E-state index in [1.807, 2.05) is 35.5 Å². The van der Waals surface area contributed by atoms with Crippen LogP contribution in [0.1, 0.15) is 18.5 Å². The van der Waals surface area contributed by atoms with Crippen molar-refractivity contribution in [3.05, 3.63) is 35.5 Å². The molecule has 0 radical (unpaired) electrons. The number of piperidine rings is 1. The van der Waals surface area contributed by atoms with E-state index in [1.165, 1.54) is 0 Å². The van der Waals surface area contributed by atoms with Gasteiger partial charge in [0.25, 0.3) is 0 Å². The Morgan fingerprint density at radius 1 is 1.41 bits per heavy atom. The Hall–Kier alpha value is -1.79. The Morgan fingerprint density at radius 2 is 2.23 bits per heavy atom. The molecule has 0 aliphatic carbocycles. The molecule has 1 amide bonds. The van der Waals surface area contributed by atoms with Gasteiger partial charge in [-0.25, -0.2) is 4.98 Å². The molecule has 1 aliphatic heterocycles. The lowest BCUT2D eigenvalue weighted by molar-refractivity contribution is -0.131. The van der Waals surface area contributed by atoms with E-state index in [9.17, 15) is 4.79 Å².